The minimum Gasteiger partial charge on any atom is -0.342 e. The van der Waals surface area contributed by atoms with Crippen LogP contribution < -0.4 is 0 Å². The van der Waals surface area contributed by atoms with Crippen LogP contribution >= 0.6 is 11.6 Å². The second-order valence-electron chi connectivity index (χ2n) is 4.80. The molecule has 2 atom stereocenters. The summed E-state index contributed by atoms with van der Waals surface area (Å²) in [5.74, 6) is 0.207. The molecule has 0 unspecified atom stereocenters. The fourth-order valence-corrected chi connectivity index (χ4v) is 3.03. The van der Waals surface area contributed by atoms with Gasteiger partial charge in [-0.15, -0.1) is 0 Å². The summed E-state index contributed by atoms with van der Waals surface area (Å²) < 4.78 is 12.2. The van der Waals surface area contributed by atoms with Gasteiger partial charge in [0.05, 0.1) is 5.75 Å². The van der Waals surface area contributed by atoms with E-state index in [-0.39, 0.29) is 11.9 Å². The van der Waals surface area contributed by atoms with Crippen molar-refractivity contribution >= 4 is 28.3 Å². The number of amides is 1. The van der Waals surface area contributed by atoms with E-state index in [9.17, 15) is 9.00 Å². The average Bonchev–Trinajstić information content (AvgIpc) is 2.38. The van der Waals surface area contributed by atoms with Crippen molar-refractivity contribution in [2.75, 3.05) is 7.05 Å². The van der Waals surface area contributed by atoms with Crippen LogP contribution in [0.15, 0.2) is 24.3 Å². The van der Waals surface area contributed by atoms with Crippen LogP contribution in [0.25, 0.3) is 0 Å². The molecule has 1 rings (SSSR count). The number of carbonyl (C=O) groups excluding carboxylic acids is 1. The van der Waals surface area contributed by atoms with Gasteiger partial charge in [-0.3, -0.25) is 9.00 Å². The fourth-order valence-electron chi connectivity index (χ4n) is 1.55. The lowest BCUT2D eigenvalue weighted by atomic mass is 10.2. The topological polar surface area (TPSA) is 37.4 Å². The monoisotopic (exact) mass is 301 g/mol. The smallest absolute Gasteiger partial charge is 0.238 e. The van der Waals surface area contributed by atoms with Gasteiger partial charge in [0, 0.05) is 28.9 Å². The largest absolute Gasteiger partial charge is 0.342 e. The summed E-state index contributed by atoms with van der Waals surface area (Å²) in [6.07, 6.45) is 0. The molecule has 0 bridgehead atoms. The molecule has 0 saturated carbocycles. The summed E-state index contributed by atoms with van der Waals surface area (Å²) in [4.78, 5) is 13.7. The van der Waals surface area contributed by atoms with Crippen molar-refractivity contribution in [1.82, 2.24) is 4.90 Å². The van der Waals surface area contributed by atoms with E-state index in [1.807, 2.05) is 32.0 Å². The standard InChI is InChI=1S/C14H20ClNO2S/c1-10(2)16(4)14(17)11(3)19(18)9-12-7-5-6-8-13(12)15/h5-8,10-11H,9H2,1-4H3/t11-,19-/m1/s1. The Labute approximate surface area is 122 Å². The predicted molar refractivity (Wildman–Crippen MR) is 80.7 cm³/mol. The molecule has 5 heteroatoms. The molecule has 0 aromatic heterocycles. The first-order chi connectivity index (χ1) is 8.84. The Kier molecular flexibility index (Phi) is 6.01. The maximum atomic E-state index is 12.2. The molecule has 0 fully saturated rings. The first-order valence-corrected chi connectivity index (χ1v) is 7.97. The molecule has 0 aliphatic rings. The quantitative estimate of drug-likeness (QED) is 0.838. The van der Waals surface area contributed by atoms with Crippen LogP contribution in [0.1, 0.15) is 26.3 Å². The highest BCUT2D eigenvalue weighted by Crippen LogP contribution is 2.18. The van der Waals surface area contributed by atoms with Crippen molar-refractivity contribution in [3.05, 3.63) is 34.9 Å². The third-order valence-corrected chi connectivity index (χ3v) is 5.07. The SMILES string of the molecule is CC(C)N(C)C(=O)[C@@H](C)[S@](=O)Cc1ccccc1Cl. The Morgan fingerprint density at radius 3 is 2.42 bits per heavy atom. The zero-order chi connectivity index (χ0) is 14.6. The first kappa shape index (κ1) is 16.2. The van der Waals surface area contributed by atoms with Gasteiger partial charge in [0.25, 0.3) is 0 Å². The number of halogens is 1. The Morgan fingerprint density at radius 1 is 1.32 bits per heavy atom. The lowest BCUT2D eigenvalue weighted by Gasteiger charge is -2.24. The van der Waals surface area contributed by atoms with Crippen LogP contribution in [0, 0.1) is 0 Å². The number of hydrogen-bond donors (Lipinski definition) is 0. The van der Waals surface area contributed by atoms with Crippen molar-refractivity contribution < 1.29 is 9.00 Å². The Morgan fingerprint density at radius 2 is 1.89 bits per heavy atom. The van der Waals surface area contributed by atoms with Crippen LogP contribution in [0.3, 0.4) is 0 Å². The van der Waals surface area contributed by atoms with Crippen molar-refractivity contribution in [2.45, 2.75) is 37.8 Å². The van der Waals surface area contributed by atoms with Gasteiger partial charge in [-0.2, -0.15) is 0 Å². The van der Waals surface area contributed by atoms with E-state index in [0.717, 1.165) is 5.56 Å². The van der Waals surface area contributed by atoms with Gasteiger partial charge in [-0.25, -0.2) is 0 Å². The number of nitrogens with zero attached hydrogens (tertiary/aromatic N) is 1. The Balaban J connectivity index is 2.73. The summed E-state index contributed by atoms with van der Waals surface area (Å²) >= 11 is 6.04. The second kappa shape index (κ2) is 7.06. The van der Waals surface area contributed by atoms with Crippen LogP contribution in [0.4, 0.5) is 0 Å². The van der Waals surface area contributed by atoms with Crippen molar-refractivity contribution in [3.8, 4) is 0 Å². The minimum atomic E-state index is -1.27. The molecule has 0 aliphatic heterocycles. The molecular weight excluding hydrogens is 282 g/mol. The molecule has 0 aliphatic carbocycles. The van der Waals surface area contributed by atoms with E-state index in [1.54, 1.807) is 24.9 Å². The van der Waals surface area contributed by atoms with E-state index in [4.69, 9.17) is 11.6 Å². The molecule has 1 aromatic rings. The first-order valence-electron chi connectivity index (χ1n) is 6.21. The fraction of sp³-hybridized carbons (Fsp3) is 0.500. The van der Waals surface area contributed by atoms with Crippen LogP contribution in [0.5, 0.6) is 0 Å². The maximum Gasteiger partial charge on any atom is 0.238 e. The normalized spacial score (nSPS) is 14.2. The van der Waals surface area contributed by atoms with Gasteiger partial charge in [0.2, 0.25) is 5.91 Å². The molecule has 0 radical (unpaired) electrons. The van der Waals surface area contributed by atoms with Gasteiger partial charge in [-0.1, -0.05) is 29.8 Å². The van der Waals surface area contributed by atoms with E-state index < -0.39 is 16.0 Å². The molecular formula is C14H20ClNO2S. The summed E-state index contributed by atoms with van der Waals surface area (Å²) in [6, 6.07) is 7.39. The van der Waals surface area contributed by atoms with Crippen LogP contribution in [0.2, 0.25) is 5.02 Å². The van der Waals surface area contributed by atoms with Gasteiger partial charge in [0.15, 0.2) is 0 Å². The molecule has 1 amide bonds. The molecule has 0 heterocycles. The molecule has 106 valence electrons. The molecule has 0 spiro atoms. The highest BCUT2D eigenvalue weighted by molar-refractivity contribution is 7.85. The maximum absolute atomic E-state index is 12.2. The summed E-state index contributed by atoms with van der Waals surface area (Å²) in [7, 11) is 0.463. The number of benzene rings is 1. The predicted octanol–water partition coefficient (Wildman–Crippen LogP) is 2.84. The second-order valence-corrected chi connectivity index (χ2v) is 6.97. The number of hydrogen-bond acceptors (Lipinski definition) is 2. The van der Waals surface area contributed by atoms with Crippen molar-refractivity contribution in [3.63, 3.8) is 0 Å². The Bertz CT molecular complexity index is 476. The highest BCUT2D eigenvalue weighted by atomic mass is 35.5. The van der Waals surface area contributed by atoms with Crippen molar-refractivity contribution in [2.24, 2.45) is 0 Å². The highest BCUT2D eigenvalue weighted by Gasteiger charge is 2.25. The van der Waals surface area contributed by atoms with Crippen molar-refractivity contribution in [1.29, 1.82) is 0 Å². The van der Waals surface area contributed by atoms with Gasteiger partial charge in [0.1, 0.15) is 5.25 Å². The third-order valence-electron chi connectivity index (χ3n) is 3.12. The Hall–Kier alpha value is -0.870. The molecule has 1 aromatic carbocycles. The molecule has 19 heavy (non-hydrogen) atoms. The van der Waals surface area contributed by atoms with Crippen LogP contribution in [-0.4, -0.2) is 33.4 Å². The van der Waals surface area contributed by atoms with Crippen LogP contribution in [-0.2, 0) is 21.3 Å². The van der Waals surface area contributed by atoms with Gasteiger partial charge >= 0.3 is 0 Å². The lowest BCUT2D eigenvalue weighted by Crippen LogP contribution is -2.41. The van der Waals surface area contributed by atoms with Gasteiger partial charge < -0.3 is 4.90 Å². The minimum absolute atomic E-state index is 0.0969. The average molecular weight is 302 g/mol. The number of carbonyl (C=O) groups is 1. The zero-order valence-corrected chi connectivity index (χ0v) is 13.3. The number of rotatable bonds is 5. The van der Waals surface area contributed by atoms with E-state index in [2.05, 4.69) is 0 Å². The van der Waals surface area contributed by atoms with Gasteiger partial charge in [-0.05, 0) is 32.4 Å². The molecule has 3 nitrogen and oxygen atoms in total. The van der Waals surface area contributed by atoms with E-state index in [1.165, 1.54) is 0 Å². The molecule has 0 saturated heterocycles. The summed E-state index contributed by atoms with van der Waals surface area (Å²) in [5, 5.41) is 0.0661. The zero-order valence-electron chi connectivity index (χ0n) is 11.7. The summed E-state index contributed by atoms with van der Waals surface area (Å²) in [6.45, 7) is 5.57. The summed E-state index contributed by atoms with van der Waals surface area (Å²) in [5.41, 5.74) is 0.814. The van der Waals surface area contributed by atoms with E-state index >= 15 is 0 Å². The molecule has 0 N–H and O–H groups in total. The third kappa shape index (κ3) is 4.32. The lowest BCUT2D eigenvalue weighted by molar-refractivity contribution is -0.130. The van der Waals surface area contributed by atoms with E-state index in [0.29, 0.717) is 10.8 Å².